The first kappa shape index (κ1) is 12.8. The first-order valence-corrected chi connectivity index (χ1v) is 3.53. The lowest BCUT2D eigenvalue weighted by Gasteiger charge is -2.25. The van der Waals surface area contributed by atoms with E-state index < -0.39 is 0 Å². The molecular weight excluding hydrogens is 152 g/mol. The predicted molar refractivity (Wildman–Crippen MR) is 44.9 cm³/mol. The number of quaternary nitrogens is 1. The summed E-state index contributed by atoms with van der Waals surface area (Å²) in [5.41, 5.74) is 0. The van der Waals surface area contributed by atoms with Crippen LogP contribution >= 0.6 is 11.6 Å². The topological polar surface area (TPSA) is 53.7 Å². The van der Waals surface area contributed by atoms with E-state index in [0.29, 0.717) is 12.4 Å². The molecule has 0 radical (unpaired) electrons. The molecule has 0 aromatic heterocycles. The molecule has 1 unspecified atom stereocenters. The Morgan fingerprint density at radius 3 is 1.90 bits per heavy atom. The number of halogens is 1. The van der Waals surface area contributed by atoms with Crippen molar-refractivity contribution < 1.29 is 9.59 Å². The summed E-state index contributed by atoms with van der Waals surface area (Å²) < 4.78 is 0.758. The third-order valence-electron chi connectivity index (χ3n) is 0.937. The Morgan fingerprint density at radius 1 is 1.40 bits per heavy atom. The van der Waals surface area contributed by atoms with Gasteiger partial charge in [0.15, 0.2) is 0 Å². The molecule has 0 amide bonds. The molecule has 0 spiro atoms. The number of aliphatic hydroxyl groups excluding tert-OH is 1. The Balaban J connectivity index is 0. The van der Waals surface area contributed by atoms with E-state index in [1.807, 2.05) is 21.1 Å². The lowest BCUT2D eigenvalue weighted by molar-refractivity contribution is -0.873. The highest BCUT2D eigenvalue weighted by Crippen LogP contribution is 1.95. The second-order valence-corrected chi connectivity index (χ2v) is 3.59. The van der Waals surface area contributed by atoms with Crippen molar-refractivity contribution >= 4 is 11.6 Å². The van der Waals surface area contributed by atoms with Crippen LogP contribution in [0.2, 0.25) is 0 Å². The first-order chi connectivity index (χ1) is 3.95. The zero-order valence-electron chi connectivity index (χ0n) is 6.84. The van der Waals surface area contributed by atoms with E-state index in [0.717, 1.165) is 4.48 Å². The third-order valence-corrected chi connectivity index (χ3v) is 1.29. The minimum absolute atomic E-state index is 0. The molecule has 0 saturated heterocycles. The molecule has 0 saturated carbocycles. The Kier molecular flexibility index (Phi) is 6.29. The molecule has 0 fully saturated rings. The largest absolute Gasteiger partial charge is 0.693 e. The molecule has 0 aromatic carbocycles. The Morgan fingerprint density at radius 2 is 1.80 bits per heavy atom. The Bertz CT molecular complexity index is 82.3. The van der Waals surface area contributed by atoms with E-state index in [2.05, 4.69) is 0 Å². The van der Waals surface area contributed by atoms with Crippen LogP contribution in [0.4, 0.5) is 0 Å². The monoisotopic (exact) mass is 168 g/mol. The van der Waals surface area contributed by atoms with Crippen molar-refractivity contribution in [3.63, 3.8) is 0 Å². The van der Waals surface area contributed by atoms with Gasteiger partial charge in [-0.1, -0.05) is 0 Å². The highest BCUT2D eigenvalue weighted by molar-refractivity contribution is 6.18. The van der Waals surface area contributed by atoms with E-state index in [-0.39, 0.29) is 12.3 Å². The van der Waals surface area contributed by atoms with Crippen LogP contribution < -0.4 is 0 Å². The molecule has 4 heteroatoms. The van der Waals surface area contributed by atoms with Crippen molar-refractivity contribution in [3.8, 4) is 0 Å². The van der Waals surface area contributed by atoms with Gasteiger partial charge in [0.2, 0.25) is 0 Å². The molecule has 0 rings (SSSR count). The van der Waals surface area contributed by atoms with Crippen LogP contribution in [0.5, 0.6) is 0 Å². The minimum atomic E-state index is -0.369. The fourth-order valence-corrected chi connectivity index (χ4v) is 0.779. The SMILES string of the molecule is C[N+](C)(C)CC(O)CCl.[NH2-]. The average Bonchev–Trinajstić information content (AvgIpc) is 1.62. The molecule has 3 nitrogen and oxygen atoms in total. The zero-order valence-corrected chi connectivity index (χ0v) is 7.60. The van der Waals surface area contributed by atoms with Gasteiger partial charge in [0.25, 0.3) is 0 Å². The van der Waals surface area contributed by atoms with Gasteiger partial charge in [-0.15, -0.1) is 11.6 Å². The molecule has 10 heavy (non-hydrogen) atoms. The molecule has 64 valence electrons. The van der Waals surface area contributed by atoms with E-state index >= 15 is 0 Å². The van der Waals surface area contributed by atoms with Crippen LogP contribution in [0.3, 0.4) is 0 Å². The van der Waals surface area contributed by atoms with Crippen molar-refractivity contribution in [2.45, 2.75) is 6.10 Å². The summed E-state index contributed by atoms with van der Waals surface area (Å²) in [6, 6.07) is 0. The standard InChI is InChI=1S/C6H15ClNO.H2N/c1-8(2,3)5-6(9)4-7;/h6,9H,4-5H2,1-3H3;1H2/q+1;-1. The summed E-state index contributed by atoms with van der Waals surface area (Å²) in [6.07, 6.45) is -0.369. The molecule has 0 aliphatic heterocycles. The fourth-order valence-electron chi connectivity index (χ4n) is 0.681. The summed E-state index contributed by atoms with van der Waals surface area (Å²) in [5.74, 6) is 0.329. The number of likely N-dealkylation sites (N-methyl/N-ethyl adjacent to an activating group) is 1. The van der Waals surface area contributed by atoms with Gasteiger partial charge >= 0.3 is 0 Å². The van der Waals surface area contributed by atoms with Crippen LogP contribution in [0, 0.1) is 0 Å². The summed E-state index contributed by atoms with van der Waals surface area (Å²) in [5, 5.41) is 9.05. The fraction of sp³-hybridized carbons (Fsp3) is 1.00. The zero-order chi connectivity index (χ0) is 7.49. The number of rotatable bonds is 3. The van der Waals surface area contributed by atoms with E-state index in [1.54, 1.807) is 0 Å². The molecular formula is C6H17ClN2O. The van der Waals surface area contributed by atoms with Crippen molar-refractivity contribution in [1.29, 1.82) is 0 Å². The maximum atomic E-state index is 9.05. The van der Waals surface area contributed by atoms with E-state index in [1.165, 1.54) is 0 Å². The van der Waals surface area contributed by atoms with Gasteiger partial charge < -0.3 is 15.7 Å². The summed E-state index contributed by atoms with van der Waals surface area (Å²) in [6.45, 7) is 0.712. The quantitative estimate of drug-likeness (QED) is 0.496. The smallest absolute Gasteiger partial charge is 0.116 e. The van der Waals surface area contributed by atoms with Crippen LogP contribution in [-0.2, 0) is 0 Å². The lowest BCUT2D eigenvalue weighted by atomic mass is 10.3. The van der Waals surface area contributed by atoms with E-state index in [9.17, 15) is 0 Å². The van der Waals surface area contributed by atoms with Crippen molar-refractivity contribution in [2.24, 2.45) is 0 Å². The highest BCUT2D eigenvalue weighted by Gasteiger charge is 2.13. The normalized spacial score (nSPS) is 14.1. The molecule has 0 aliphatic rings. The predicted octanol–water partition coefficient (Wildman–Crippen LogP) is 1.01. The van der Waals surface area contributed by atoms with Crippen LogP contribution in [0.25, 0.3) is 6.15 Å². The number of hydrogen-bond acceptors (Lipinski definition) is 1. The second-order valence-electron chi connectivity index (χ2n) is 3.28. The third kappa shape index (κ3) is 8.17. The summed E-state index contributed by atoms with van der Waals surface area (Å²) in [4.78, 5) is 0. The van der Waals surface area contributed by atoms with Crippen LogP contribution in [0.1, 0.15) is 0 Å². The Hall–Kier alpha value is 0.170. The van der Waals surface area contributed by atoms with Crippen LogP contribution in [0.15, 0.2) is 0 Å². The van der Waals surface area contributed by atoms with Crippen molar-refractivity contribution in [3.05, 3.63) is 6.15 Å². The van der Waals surface area contributed by atoms with Gasteiger partial charge in [0, 0.05) is 0 Å². The number of alkyl halides is 1. The molecule has 0 heterocycles. The van der Waals surface area contributed by atoms with Gasteiger partial charge in [-0.05, 0) is 0 Å². The average molecular weight is 169 g/mol. The number of hydrogen-bond donors (Lipinski definition) is 1. The van der Waals surface area contributed by atoms with Crippen molar-refractivity contribution in [1.82, 2.24) is 0 Å². The number of nitrogens with zero attached hydrogens (tertiary/aromatic N) is 1. The van der Waals surface area contributed by atoms with Gasteiger partial charge in [-0.2, -0.15) is 0 Å². The number of aliphatic hydroxyl groups is 1. The lowest BCUT2D eigenvalue weighted by Crippen LogP contribution is -2.41. The Labute approximate surface area is 67.8 Å². The number of nitrogens with two attached hydrogens (primary N) is 1. The molecule has 3 N–H and O–H groups in total. The molecule has 0 bridgehead atoms. The summed E-state index contributed by atoms with van der Waals surface area (Å²) in [7, 11) is 6.07. The minimum Gasteiger partial charge on any atom is -0.693 e. The maximum absolute atomic E-state index is 9.05. The van der Waals surface area contributed by atoms with Gasteiger partial charge in [0.1, 0.15) is 12.6 Å². The van der Waals surface area contributed by atoms with E-state index in [4.69, 9.17) is 16.7 Å². The van der Waals surface area contributed by atoms with Gasteiger partial charge in [-0.25, -0.2) is 0 Å². The van der Waals surface area contributed by atoms with Crippen LogP contribution in [-0.4, -0.2) is 49.3 Å². The maximum Gasteiger partial charge on any atom is 0.116 e. The highest BCUT2D eigenvalue weighted by atomic mass is 35.5. The summed E-state index contributed by atoms with van der Waals surface area (Å²) >= 11 is 5.40. The molecule has 0 aliphatic carbocycles. The van der Waals surface area contributed by atoms with Gasteiger partial charge in [-0.3, -0.25) is 0 Å². The molecule has 0 aromatic rings. The van der Waals surface area contributed by atoms with Gasteiger partial charge in [0.05, 0.1) is 27.0 Å². The first-order valence-electron chi connectivity index (χ1n) is 3.00. The molecule has 1 atom stereocenters. The second kappa shape index (κ2) is 4.91. The van der Waals surface area contributed by atoms with Crippen molar-refractivity contribution in [2.75, 3.05) is 33.6 Å².